The summed E-state index contributed by atoms with van der Waals surface area (Å²) >= 11 is 1.73. The number of aromatic nitrogens is 1. The first kappa shape index (κ1) is 10.3. The summed E-state index contributed by atoms with van der Waals surface area (Å²) < 4.78 is 1.25. The van der Waals surface area contributed by atoms with Crippen LogP contribution >= 0.6 is 11.3 Å². The van der Waals surface area contributed by atoms with Crippen LogP contribution in [-0.2, 0) is 0 Å². The van der Waals surface area contributed by atoms with Gasteiger partial charge in [-0.05, 0) is 35.4 Å². The molecule has 2 N–H and O–H groups in total. The molecule has 0 amide bonds. The molecule has 3 aromatic rings. The van der Waals surface area contributed by atoms with E-state index in [4.69, 9.17) is 5.73 Å². The van der Waals surface area contributed by atoms with Crippen molar-refractivity contribution >= 4 is 27.1 Å². The summed E-state index contributed by atoms with van der Waals surface area (Å²) in [4.78, 5) is 4.46. The van der Waals surface area contributed by atoms with Crippen LogP contribution in [0.4, 0.5) is 5.69 Å². The van der Waals surface area contributed by atoms with Crippen LogP contribution < -0.4 is 5.73 Å². The lowest BCUT2D eigenvalue weighted by Crippen LogP contribution is -1.94. The number of nitrogens with zero attached hydrogens (tertiary/aromatic N) is 1. The highest BCUT2D eigenvalue weighted by Crippen LogP contribution is 2.34. The zero-order valence-corrected chi connectivity index (χ0v) is 10.3. The minimum atomic E-state index is 0.742. The number of benzene rings is 1. The fraction of sp³-hybridized carbons (Fsp3) is 0.0714. The van der Waals surface area contributed by atoms with Gasteiger partial charge in [-0.2, -0.15) is 0 Å². The minimum absolute atomic E-state index is 0.742. The number of hydrogen-bond acceptors (Lipinski definition) is 3. The molecule has 0 unspecified atom stereocenters. The van der Waals surface area contributed by atoms with Gasteiger partial charge in [-0.3, -0.25) is 4.98 Å². The maximum Gasteiger partial charge on any atom is 0.0945 e. The van der Waals surface area contributed by atoms with Crippen molar-refractivity contribution < 1.29 is 0 Å². The van der Waals surface area contributed by atoms with E-state index in [2.05, 4.69) is 28.6 Å². The van der Waals surface area contributed by atoms with Gasteiger partial charge in [0.1, 0.15) is 0 Å². The highest BCUT2D eigenvalue weighted by Gasteiger charge is 2.09. The fourth-order valence-electron chi connectivity index (χ4n) is 2.00. The summed E-state index contributed by atoms with van der Waals surface area (Å²) in [6.07, 6.45) is 1.86. The van der Waals surface area contributed by atoms with Crippen LogP contribution in [0.15, 0.2) is 41.9 Å². The Hall–Kier alpha value is -1.87. The van der Waals surface area contributed by atoms with Crippen molar-refractivity contribution in [3.05, 3.63) is 47.5 Å². The van der Waals surface area contributed by atoms with Gasteiger partial charge in [0, 0.05) is 16.5 Å². The summed E-state index contributed by atoms with van der Waals surface area (Å²) in [7, 11) is 0. The molecule has 0 atom stereocenters. The molecule has 0 radical (unpaired) electrons. The van der Waals surface area contributed by atoms with Gasteiger partial charge in [0.25, 0.3) is 0 Å². The third kappa shape index (κ3) is 1.68. The normalized spacial score (nSPS) is 10.9. The highest BCUT2D eigenvalue weighted by atomic mass is 32.1. The zero-order valence-electron chi connectivity index (χ0n) is 9.47. The van der Waals surface area contributed by atoms with E-state index in [-0.39, 0.29) is 0 Å². The van der Waals surface area contributed by atoms with Gasteiger partial charge >= 0.3 is 0 Å². The molecule has 0 spiro atoms. The van der Waals surface area contributed by atoms with Crippen molar-refractivity contribution in [2.45, 2.75) is 6.92 Å². The number of rotatable bonds is 1. The summed E-state index contributed by atoms with van der Waals surface area (Å²) in [5, 5.41) is 3.34. The van der Waals surface area contributed by atoms with Crippen molar-refractivity contribution in [2.75, 3.05) is 5.73 Å². The zero-order chi connectivity index (χ0) is 11.8. The Kier molecular flexibility index (Phi) is 2.34. The van der Waals surface area contributed by atoms with Crippen LogP contribution in [0.3, 0.4) is 0 Å². The molecule has 3 rings (SSSR count). The molecule has 0 saturated carbocycles. The number of thiophene rings is 1. The number of pyridine rings is 1. The highest BCUT2D eigenvalue weighted by molar-refractivity contribution is 7.17. The van der Waals surface area contributed by atoms with Gasteiger partial charge in [-0.1, -0.05) is 18.2 Å². The number of nitrogen functional groups attached to an aromatic ring is 1. The summed E-state index contributed by atoms with van der Waals surface area (Å²) in [5.41, 5.74) is 9.88. The van der Waals surface area contributed by atoms with E-state index in [1.807, 2.05) is 25.3 Å². The lowest BCUT2D eigenvalue weighted by molar-refractivity contribution is 1.28. The van der Waals surface area contributed by atoms with E-state index in [0.717, 1.165) is 22.5 Å². The topological polar surface area (TPSA) is 38.9 Å². The Bertz CT molecular complexity index is 686. The second kappa shape index (κ2) is 3.86. The monoisotopic (exact) mass is 240 g/mol. The van der Waals surface area contributed by atoms with Gasteiger partial charge in [0.2, 0.25) is 0 Å². The molecule has 0 bridgehead atoms. The van der Waals surface area contributed by atoms with Crippen molar-refractivity contribution in [2.24, 2.45) is 0 Å². The average molecular weight is 240 g/mol. The van der Waals surface area contributed by atoms with Crippen molar-refractivity contribution in [1.29, 1.82) is 0 Å². The number of fused-ring (bicyclic) bond motifs is 1. The minimum Gasteiger partial charge on any atom is -0.397 e. The van der Waals surface area contributed by atoms with Gasteiger partial charge in [-0.15, -0.1) is 11.3 Å². The molecule has 0 aliphatic carbocycles. The Labute approximate surface area is 104 Å². The van der Waals surface area contributed by atoms with Gasteiger partial charge in [0.15, 0.2) is 0 Å². The van der Waals surface area contributed by atoms with E-state index < -0.39 is 0 Å². The van der Waals surface area contributed by atoms with E-state index in [9.17, 15) is 0 Å². The molecular weight excluding hydrogens is 228 g/mol. The predicted octanol–water partition coefficient (Wildman–Crippen LogP) is 3.85. The van der Waals surface area contributed by atoms with Gasteiger partial charge < -0.3 is 5.73 Å². The van der Waals surface area contributed by atoms with Crippen molar-refractivity contribution in [3.8, 4) is 11.3 Å². The van der Waals surface area contributed by atoms with Crippen LogP contribution in [0.1, 0.15) is 5.56 Å². The maximum absolute atomic E-state index is 6.06. The van der Waals surface area contributed by atoms with Crippen LogP contribution in [0.2, 0.25) is 0 Å². The van der Waals surface area contributed by atoms with Crippen LogP contribution in [0.5, 0.6) is 0 Å². The Morgan fingerprint density at radius 1 is 1.24 bits per heavy atom. The first-order valence-corrected chi connectivity index (χ1v) is 6.32. The Balaban J connectivity index is 2.30. The Morgan fingerprint density at radius 2 is 2.12 bits per heavy atom. The fourth-order valence-corrected chi connectivity index (χ4v) is 2.91. The van der Waals surface area contributed by atoms with Crippen molar-refractivity contribution in [1.82, 2.24) is 4.98 Å². The molecule has 2 nitrogen and oxygen atoms in total. The molecule has 2 aromatic heterocycles. The molecule has 0 aliphatic rings. The molecule has 0 saturated heterocycles. The summed E-state index contributed by atoms with van der Waals surface area (Å²) in [6, 6.07) is 10.3. The molecular formula is C14H12N2S. The van der Waals surface area contributed by atoms with E-state index in [1.54, 1.807) is 11.3 Å². The number of nitrogens with two attached hydrogens (primary N) is 1. The van der Waals surface area contributed by atoms with Gasteiger partial charge in [0.05, 0.1) is 11.4 Å². The third-order valence-corrected chi connectivity index (χ3v) is 3.75. The Morgan fingerprint density at radius 3 is 2.94 bits per heavy atom. The first-order chi connectivity index (χ1) is 8.25. The second-order valence-corrected chi connectivity index (χ2v) is 5.01. The number of hydrogen-bond donors (Lipinski definition) is 1. The van der Waals surface area contributed by atoms with Crippen LogP contribution in [0, 0.1) is 6.92 Å². The molecule has 84 valence electrons. The summed E-state index contributed by atoms with van der Waals surface area (Å²) in [6.45, 7) is 2.00. The SMILES string of the molecule is Cc1cnc(-c2cccc3ccsc23)c(N)c1. The van der Waals surface area contributed by atoms with E-state index >= 15 is 0 Å². The lowest BCUT2D eigenvalue weighted by atomic mass is 10.1. The largest absolute Gasteiger partial charge is 0.397 e. The van der Waals surface area contributed by atoms with E-state index in [0.29, 0.717) is 0 Å². The maximum atomic E-state index is 6.06. The first-order valence-electron chi connectivity index (χ1n) is 5.44. The number of anilines is 1. The molecule has 1 aromatic carbocycles. The molecule has 2 heterocycles. The van der Waals surface area contributed by atoms with Gasteiger partial charge in [-0.25, -0.2) is 0 Å². The predicted molar refractivity (Wildman–Crippen MR) is 74.2 cm³/mol. The van der Waals surface area contributed by atoms with Crippen molar-refractivity contribution in [3.63, 3.8) is 0 Å². The second-order valence-electron chi connectivity index (χ2n) is 4.10. The van der Waals surface area contributed by atoms with Crippen LogP contribution in [0.25, 0.3) is 21.3 Å². The quantitative estimate of drug-likeness (QED) is 0.701. The smallest absolute Gasteiger partial charge is 0.0945 e. The molecule has 0 aliphatic heterocycles. The van der Waals surface area contributed by atoms with Crippen LogP contribution in [-0.4, -0.2) is 4.98 Å². The standard InChI is InChI=1S/C14H12N2S/c1-9-7-12(15)13(16-8-9)11-4-2-3-10-5-6-17-14(10)11/h2-8H,15H2,1H3. The molecule has 3 heteroatoms. The average Bonchev–Trinajstić information content (AvgIpc) is 2.77. The number of aryl methyl sites for hydroxylation is 1. The third-order valence-electron chi connectivity index (χ3n) is 2.79. The summed E-state index contributed by atoms with van der Waals surface area (Å²) in [5.74, 6) is 0. The van der Waals surface area contributed by atoms with E-state index in [1.165, 1.54) is 10.1 Å². The lowest BCUT2D eigenvalue weighted by Gasteiger charge is -2.06. The molecule has 17 heavy (non-hydrogen) atoms. The molecule has 0 fully saturated rings.